The number of ether oxygens (including phenoxy) is 1. The molecule has 0 saturated carbocycles. The van der Waals surface area contributed by atoms with Gasteiger partial charge in [0.25, 0.3) is 5.91 Å². The Morgan fingerprint density at radius 2 is 2.08 bits per heavy atom. The summed E-state index contributed by atoms with van der Waals surface area (Å²) in [5.74, 6) is 0.400. The molecule has 1 fully saturated rings. The van der Waals surface area contributed by atoms with E-state index in [2.05, 4.69) is 36.2 Å². The lowest BCUT2D eigenvalue weighted by Crippen LogP contribution is -2.47. The van der Waals surface area contributed by atoms with Crippen LogP contribution >= 0.6 is 0 Å². The van der Waals surface area contributed by atoms with Crippen LogP contribution in [-0.2, 0) is 11.2 Å². The van der Waals surface area contributed by atoms with Crippen LogP contribution in [0.4, 0.5) is 0 Å². The molecule has 24 heavy (non-hydrogen) atoms. The van der Waals surface area contributed by atoms with Crippen LogP contribution in [0.25, 0.3) is 0 Å². The molecule has 0 unspecified atom stereocenters. The largest absolute Gasteiger partial charge is 0.381 e. The van der Waals surface area contributed by atoms with Crippen LogP contribution in [0, 0.1) is 12.8 Å². The Balaban J connectivity index is 1.73. The molecule has 0 aliphatic carbocycles. The predicted molar refractivity (Wildman–Crippen MR) is 93.9 cm³/mol. The number of carbonyl (C=O) groups excluding carboxylic acids is 1. The molecule has 1 aliphatic heterocycles. The average Bonchev–Trinajstić information content (AvgIpc) is 2.62. The van der Waals surface area contributed by atoms with Gasteiger partial charge in [-0.15, -0.1) is 0 Å². The van der Waals surface area contributed by atoms with Crippen LogP contribution in [-0.4, -0.2) is 42.1 Å². The van der Waals surface area contributed by atoms with Crippen molar-refractivity contribution in [2.75, 3.05) is 20.2 Å². The summed E-state index contributed by atoms with van der Waals surface area (Å²) in [5.41, 5.74) is 3.28. The van der Waals surface area contributed by atoms with E-state index in [1.54, 1.807) is 31.6 Å². The zero-order chi connectivity index (χ0) is 16.9. The minimum Gasteiger partial charge on any atom is -0.381 e. The molecule has 2 heterocycles. The molecule has 1 aromatic carbocycles. The molecule has 0 bridgehead atoms. The van der Waals surface area contributed by atoms with Gasteiger partial charge in [-0.1, -0.05) is 29.8 Å². The molecular formula is C20H24N2O2. The van der Waals surface area contributed by atoms with Crippen molar-refractivity contribution in [3.63, 3.8) is 0 Å². The standard InChI is InChI=1S/C20H24N2O2/c1-15-4-3-5-16(12-15)13-18-14-22(11-8-19(18)24-2)20(23)17-6-9-21-10-7-17/h3-7,9-10,12,18-19H,8,11,13-14H2,1-2H3/t18-,19-/m1/s1. The monoisotopic (exact) mass is 324 g/mol. The van der Waals surface area contributed by atoms with Gasteiger partial charge in [-0.2, -0.15) is 0 Å². The third-order valence-corrected chi connectivity index (χ3v) is 4.76. The van der Waals surface area contributed by atoms with E-state index >= 15 is 0 Å². The van der Waals surface area contributed by atoms with Gasteiger partial charge in [-0.05, 0) is 37.5 Å². The Kier molecular flexibility index (Phi) is 5.26. The maximum atomic E-state index is 12.7. The normalized spacial score (nSPS) is 20.8. The summed E-state index contributed by atoms with van der Waals surface area (Å²) in [6, 6.07) is 12.1. The fourth-order valence-electron chi connectivity index (χ4n) is 3.52. The first-order chi connectivity index (χ1) is 11.7. The number of hydrogen-bond acceptors (Lipinski definition) is 3. The molecule has 0 radical (unpaired) electrons. The first-order valence-corrected chi connectivity index (χ1v) is 8.45. The van der Waals surface area contributed by atoms with Crippen LogP contribution in [0.15, 0.2) is 48.8 Å². The molecule has 1 amide bonds. The quantitative estimate of drug-likeness (QED) is 0.868. The van der Waals surface area contributed by atoms with E-state index in [9.17, 15) is 4.79 Å². The maximum absolute atomic E-state index is 12.7. The van der Waals surface area contributed by atoms with Crippen molar-refractivity contribution >= 4 is 5.91 Å². The summed E-state index contributed by atoms with van der Waals surface area (Å²) in [4.78, 5) is 18.6. The van der Waals surface area contributed by atoms with Crippen LogP contribution < -0.4 is 0 Å². The number of aromatic nitrogens is 1. The molecule has 2 aromatic rings. The lowest BCUT2D eigenvalue weighted by Gasteiger charge is -2.38. The minimum absolute atomic E-state index is 0.0844. The summed E-state index contributed by atoms with van der Waals surface area (Å²) in [7, 11) is 1.77. The van der Waals surface area contributed by atoms with Crippen LogP contribution in [0.5, 0.6) is 0 Å². The molecule has 1 aliphatic rings. The van der Waals surface area contributed by atoms with Crippen molar-refractivity contribution in [3.05, 3.63) is 65.5 Å². The van der Waals surface area contributed by atoms with E-state index in [0.29, 0.717) is 11.5 Å². The molecule has 1 aromatic heterocycles. The first kappa shape index (κ1) is 16.7. The van der Waals surface area contributed by atoms with Crippen LogP contribution in [0.1, 0.15) is 27.9 Å². The van der Waals surface area contributed by atoms with Crippen LogP contribution in [0.2, 0.25) is 0 Å². The molecule has 2 atom stereocenters. The number of benzene rings is 1. The molecule has 4 heteroatoms. The fourth-order valence-corrected chi connectivity index (χ4v) is 3.52. The predicted octanol–water partition coefficient (Wildman–Crippen LogP) is 3.11. The fraction of sp³-hybridized carbons (Fsp3) is 0.400. The second-order valence-corrected chi connectivity index (χ2v) is 6.50. The highest BCUT2D eigenvalue weighted by molar-refractivity contribution is 5.94. The highest BCUT2D eigenvalue weighted by atomic mass is 16.5. The summed E-state index contributed by atoms with van der Waals surface area (Å²) in [6.07, 6.45) is 5.34. The number of hydrogen-bond donors (Lipinski definition) is 0. The number of pyridine rings is 1. The Morgan fingerprint density at radius 1 is 1.29 bits per heavy atom. The average molecular weight is 324 g/mol. The highest BCUT2D eigenvalue weighted by Crippen LogP contribution is 2.25. The molecule has 0 spiro atoms. The molecule has 3 rings (SSSR count). The number of piperidine rings is 1. The number of likely N-dealkylation sites (tertiary alicyclic amines) is 1. The minimum atomic E-state index is 0.0844. The number of aryl methyl sites for hydroxylation is 1. The van der Waals surface area contributed by atoms with E-state index in [1.807, 2.05) is 4.90 Å². The lowest BCUT2D eigenvalue weighted by atomic mass is 9.88. The highest BCUT2D eigenvalue weighted by Gasteiger charge is 2.32. The third-order valence-electron chi connectivity index (χ3n) is 4.76. The maximum Gasteiger partial charge on any atom is 0.253 e. The molecule has 0 N–H and O–H groups in total. The van der Waals surface area contributed by atoms with Crippen molar-refractivity contribution in [2.24, 2.45) is 5.92 Å². The second kappa shape index (κ2) is 7.58. The molecule has 126 valence electrons. The van der Waals surface area contributed by atoms with Gasteiger partial charge in [0.2, 0.25) is 0 Å². The Morgan fingerprint density at radius 3 is 2.79 bits per heavy atom. The zero-order valence-corrected chi connectivity index (χ0v) is 14.3. The van der Waals surface area contributed by atoms with Gasteiger partial charge in [0.1, 0.15) is 0 Å². The van der Waals surface area contributed by atoms with E-state index in [-0.39, 0.29) is 12.0 Å². The number of amides is 1. The molecule has 4 nitrogen and oxygen atoms in total. The number of carbonyl (C=O) groups is 1. The Hall–Kier alpha value is -2.20. The Bertz CT molecular complexity index is 687. The third kappa shape index (κ3) is 3.82. The van der Waals surface area contributed by atoms with Crippen molar-refractivity contribution < 1.29 is 9.53 Å². The summed E-state index contributed by atoms with van der Waals surface area (Å²) >= 11 is 0. The summed E-state index contributed by atoms with van der Waals surface area (Å²) < 4.78 is 5.69. The smallest absolute Gasteiger partial charge is 0.253 e. The molecular weight excluding hydrogens is 300 g/mol. The van der Waals surface area contributed by atoms with Crippen molar-refractivity contribution in [1.82, 2.24) is 9.88 Å². The van der Waals surface area contributed by atoms with Crippen molar-refractivity contribution in [1.29, 1.82) is 0 Å². The van der Waals surface area contributed by atoms with Crippen molar-refractivity contribution in [2.45, 2.75) is 25.9 Å². The second-order valence-electron chi connectivity index (χ2n) is 6.50. The summed E-state index contributed by atoms with van der Waals surface area (Å²) in [5, 5.41) is 0. The van der Waals surface area contributed by atoms with E-state index in [4.69, 9.17) is 4.74 Å². The van der Waals surface area contributed by atoms with Gasteiger partial charge in [-0.25, -0.2) is 0 Å². The number of nitrogens with zero attached hydrogens (tertiary/aromatic N) is 2. The topological polar surface area (TPSA) is 42.4 Å². The van der Waals surface area contributed by atoms with E-state index in [1.165, 1.54) is 11.1 Å². The molecule has 1 saturated heterocycles. The SMILES string of the molecule is CO[C@@H]1CCN(C(=O)c2ccncc2)C[C@H]1Cc1cccc(C)c1. The lowest BCUT2D eigenvalue weighted by molar-refractivity contribution is -0.00300. The zero-order valence-electron chi connectivity index (χ0n) is 14.3. The van der Waals surface area contributed by atoms with Gasteiger partial charge < -0.3 is 9.64 Å². The number of rotatable bonds is 4. The van der Waals surface area contributed by atoms with E-state index < -0.39 is 0 Å². The first-order valence-electron chi connectivity index (χ1n) is 8.45. The van der Waals surface area contributed by atoms with Gasteiger partial charge >= 0.3 is 0 Å². The Labute approximate surface area is 143 Å². The van der Waals surface area contributed by atoms with Gasteiger partial charge in [0.05, 0.1) is 6.10 Å². The summed E-state index contributed by atoms with van der Waals surface area (Å²) in [6.45, 7) is 3.58. The van der Waals surface area contributed by atoms with Gasteiger partial charge in [0, 0.05) is 44.1 Å². The van der Waals surface area contributed by atoms with Gasteiger partial charge in [0.15, 0.2) is 0 Å². The van der Waals surface area contributed by atoms with Crippen LogP contribution in [0.3, 0.4) is 0 Å². The number of methoxy groups -OCH3 is 1. The van der Waals surface area contributed by atoms with E-state index in [0.717, 1.165) is 25.9 Å². The van der Waals surface area contributed by atoms with Crippen molar-refractivity contribution in [3.8, 4) is 0 Å². The van der Waals surface area contributed by atoms with Gasteiger partial charge in [-0.3, -0.25) is 9.78 Å².